The molecule has 2 aliphatic rings. The minimum absolute atomic E-state index is 0.357. The van der Waals surface area contributed by atoms with Gasteiger partial charge < -0.3 is 9.47 Å². The van der Waals surface area contributed by atoms with E-state index in [2.05, 4.69) is 25.2 Å². The summed E-state index contributed by atoms with van der Waals surface area (Å²) in [6.45, 7) is 7.54. The molecular weight excluding hydrogens is 514 g/mol. The van der Waals surface area contributed by atoms with Gasteiger partial charge in [-0.25, -0.2) is 4.39 Å². The van der Waals surface area contributed by atoms with Gasteiger partial charge in [-0.1, -0.05) is 29.0 Å². The van der Waals surface area contributed by atoms with Crippen LogP contribution in [0.5, 0.6) is 0 Å². The highest BCUT2D eigenvalue weighted by Gasteiger charge is 2.37. The molecule has 5 rings (SSSR count). The molecule has 7 nitrogen and oxygen atoms in total. The van der Waals surface area contributed by atoms with E-state index in [0.29, 0.717) is 30.8 Å². The molecule has 1 N–H and O–H groups in total. The van der Waals surface area contributed by atoms with Crippen LogP contribution in [0.4, 0.5) is 17.6 Å². The molecule has 39 heavy (non-hydrogen) atoms. The lowest BCUT2D eigenvalue weighted by molar-refractivity contribution is -0.231. The standard InChI is InChI=1S/C28H33F4N5O2/c1-18-13-21(15-22(14-18)28(30,31)32)19(2)39-27-26(20-5-7-23(29)8-6-20)37(11-12-38-27)17-25-24(33-35-34-25)16-36-9-3-4-10-36/h5-8,13-15,19,26-27H,3-4,9-12,16-17H2,1-2H3,(H,33,34,35)/t19-,26?,27?/m1/s1. The molecule has 11 heteroatoms. The number of nitrogens with zero attached hydrogens (tertiary/aromatic N) is 4. The molecule has 0 radical (unpaired) electrons. The molecule has 2 aromatic carbocycles. The van der Waals surface area contributed by atoms with Crippen LogP contribution in [0.1, 0.15) is 65.6 Å². The molecule has 0 saturated carbocycles. The number of aromatic amines is 1. The number of alkyl halides is 3. The molecule has 2 aliphatic heterocycles. The van der Waals surface area contributed by atoms with E-state index in [1.807, 2.05) is 0 Å². The van der Waals surface area contributed by atoms with Gasteiger partial charge in [0.05, 0.1) is 30.0 Å². The van der Waals surface area contributed by atoms with Crippen molar-refractivity contribution in [3.8, 4) is 0 Å². The van der Waals surface area contributed by atoms with E-state index in [0.717, 1.165) is 48.7 Å². The van der Waals surface area contributed by atoms with Crippen molar-refractivity contribution in [1.82, 2.24) is 25.2 Å². The largest absolute Gasteiger partial charge is 0.416 e. The molecule has 210 valence electrons. The fraction of sp³-hybridized carbons (Fsp3) is 0.500. The van der Waals surface area contributed by atoms with Crippen LogP contribution >= 0.6 is 0 Å². The Labute approximate surface area is 225 Å². The summed E-state index contributed by atoms with van der Waals surface area (Å²) in [4.78, 5) is 4.51. The van der Waals surface area contributed by atoms with Gasteiger partial charge in [-0.05, 0) is 75.2 Å². The Morgan fingerprint density at radius 2 is 1.82 bits per heavy atom. The van der Waals surface area contributed by atoms with Crippen LogP contribution in [0, 0.1) is 12.7 Å². The third-order valence-corrected chi connectivity index (χ3v) is 7.40. The first-order valence-corrected chi connectivity index (χ1v) is 13.2. The maximum atomic E-state index is 13.8. The number of H-pyrrole nitrogens is 1. The zero-order valence-corrected chi connectivity index (χ0v) is 22.0. The van der Waals surface area contributed by atoms with E-state index in [1.165, 1.54) is 25.0 Å². The van der Waals surface area contributed by atoms with E-state index >= 15 is 0 Å². The zero-order chi connectivity index (χ0) is 27.6. The number of halogens is 4. The third-order valence-electron chi connectivity index (χ3n) is 7.40. The highest BCUT2D eigenvalue weighted by atomic mass is 19.4. The summed E-state index contributed by atoms with van der Waals surface area (Å²) in [6, 6.07) is 9.62. The number of hydrogen-bond acceptors (Lipinski definition) is 6. The molecule has 3 aromatic rings. The lowest BCUT2D eigenvalue weighted by Crippen LogP contribution is -2.46. The SMILES string of the molecule is Cc1cc([C@@H](C)OC2OCCN(Cc3nn[nH]c3CN3CCCC3)C2c2ccc(F)cc2)cc(C(F)(F)F)c1. The Morgan fingerprint density at radius 1 is 1.08 bits per heavy atom. The minimum Gasteiger partial charge on any atom is -0.349 e. The maximum Gasteiger partial charge on any atom is 0.416 e. The topological polar surface area (TPSA) is 66.5 Å². The van der Waals surface area contributed by atoms with Crippen LogP contribution in [0.25, 0.3) is 0 Å². The monoisotopic (exact) mass is 547 g/mol. The van der Waals surface area contributed by atoms with Gasteiger partial charge in [-0.3, -0.25) is 14.9 Å². The van der Waals surface area contributed by atoms with Gasteiger partial charge in [-0.2, -0.15) is 13.2 Å². The number of likely N-dealkylation sites (tertiary alicyclic amines) is 1. The van der Waals surface area contributed by atoms with Gasteiger partial charge in [0.1, 0.15) is 11.5 Å². The summed E-state index contributed by atoms with van der Waals surface area (Å²) in [7, 11) is 0. The zero-order valence-electron chi connectivity index (χ0n) is 22.0. The number of nitrogens with one attached hydrogen (secondary N) is 1. The fourth-order valence-electron chi connectivity index (χ4n) is 5.38. The third kappa shape index (κ3) is 6.66. The van der Waals surface area contributed by atoms with Crippen LogP contribution in [0.3, 0.4) is 0 Å². The number of ether oxygens (including phenoxy) is 2. The summed E-state index contributed by atoms with van der Waals surface area (Å²) < 4.78 is 66.5. The normalized spacial score (nSPS) is 21.9. The molecule has 2 fully saturated rings. The number of aromatic nitrogens is 3. The molecule has 0 bridgehead atoms. The number of benzene rings is 2. The first-order chi connectivity index (χ1) is 18.7. The first kappa shape index (κ1) is 27.7. The maximum absolute atomic E-state index is 13.8. The van der Waals surface area contributed by atoms with E-state index in [9.17, 15) is 17.6 Å². The Balaban J connectivity index is 1.40. The first-order valence-electron chi connectivity index (χ1n) is 13.2. The number of aryl methyl sites for hydroxylation is 1. The van der Waals surface area contributed by atoms with Crippen molar-refractivity contribution in [1.29, 1.82) is 0 Å². The summed E-state index contributed by atoms with van der Waals surface area (Å²) in [5.41, 5.74) is 2.73. The van der Waals surface area contributed by atoms with Crippen molar-refractivity contribution in [3.05, 3.63) is 81.9 Å². The van der Waals surface area contributed by atoms with Gasteiger partial charge in [0.15, 0.2) is 6.29 Å². The molecule has 0 spiro atoms. The Morgan fingerprint density at radius 3 is 2.54 bits per heavy atom. The lowest BCUT2D eigenvalue weighted by Gasteiger charge is -2.42. The molecule has 2 unspecified atom stereocenters. The molecule has 0 amide bonds. The van der Waals surface area contributed by atoms with E-state index in [-0.39, 0.29) is 5.82 Å². The number of morpholine rings is 1. The van der Waals surface area contributed by atoms with Crippen molar-refractivity contribution < 1.29 is 27.0 Å². The van der Waals surface area contributed by atoms with E-state index < -0.39 is 30.2 Å². The smallest absolute Gasteiger partial charge is 0.349 e. The predicted octanol–water partition coefficient (Wildman–Crippen LogP) is 5.54. The van der Waals surface area contributed by atoms with Gasteiger partial charge in [-0.15, -0.1) is 5.10 Å². The van der Waals surface area contributed by atoms with Crippen molar-refractivity contribution in [2.45, 2.75) is 64.4 Å². The average molecular weight is 548 g/mol. The second kappa shape index (κ2) is 11.7. The van der Waals surface area contributed by atoms with E-state index in [1.54, 1.807) is 32.0 Å². The fourth-order valence-corrected chi connectivity index (χ4v) is 5.38. The van der Waals surface area contributed by atoms with Crippen molar-refractivity contribution in [3.63, 3.8) is 0 Å². The van der Waals surface area contributed by atoms with Crippen molar-refractivity contribution >= 4 is 0 Å². The van der Waals surface area contributed by atoms with Crippen molar-refractivity contribution in [2.24, 2.45) is 0 Å². The molecule has 1 aromatic heterocycles. The molecule has 3 heterocycles. The molecule has 0 aliphatic carbocycles. The van der Waals surface area contributed by atoms with Crippen LogP contribution < -0.4 is 0 Å². The summed E-state index contributed by atoms with van der Waals surface area (Å²) in [5.74, 6) is -0.364. The predicted molar refractivity (Wildman–Crippen MR) is 136 cm³/mol. The van der Waals surface area contributed by atoms with Crippen LogP contribution in [-0.4, -0.2) is 57.7 Å². The van der Waals surface area contributed by atoms with E-state index in [4.69, 9.17) is 9.47 Å². The summed E-state index contributed by atoms with van der Waals surface area (Å²) in [5, 5.41) is 11.4. The second-order valence-electron chi connectivity index (χ2n) is 10.3. The second-order valence-corrected chi connectivity index (χ2v) is 10.3. The van der Waals surface area contributed by atoms with Crippen LogP contribution in [0.15, 0.2) is 42.5 Å². The summed E-state index contributed by atoms with van der Waals surface area (Å²) >= 11 is 0. The van der Waals surface area contributed by atoms with Gasteiger partial charge in [0.25, 0.3) is 0 Å². The van der Waals surface area contributed by atoms with Crippen molar-refractivity contribution in [2.75, 3.05) is 26.2 Å². The minimum atomic E-state index is -4.46. The number of hydrogen-bond donors (Lipinski definition) is 1. The van der Waals surface area contributed by atoms with Crippen LogP contribution in [-0.2, 0) is 28.7 Å². The molecular formula is C28H33F4N5O2. The Hall–Kier alpha value is -2.86. The van der Waals surface area contributed by atoms with Gasteiger partial charge in [0, 0.05) is 19.6 Å². The summed E-state index contributed by atoms with van der Waals surface area (Å²) in [6.07, 6.45) is -3.59. The molecule has 2 saturated heterocycles. The highest BCUT2D eigenvalue weighted by Crippen LogP contribution is 2.37. The highest BCUT2D eigenvalue weighted by molar-refractivity contribution is 5.32. The number of rotatable bonds is 8. The molecule has 3 atom stereocenters. The van der Waals surface area contributed by atoms with Crippen LogP contribution in [0.2, 0.25) is 0 Å². The Kier molecular flexibility index (Phi) is 8.32. The lowest BCUT2D eigenvalue weighted by atomic mass is 10.0. The Bertz CT molecular complexity index is 1240. The average Bonchev–Trinajstić information content (AvgIpc) is 3.57. The quantitative estimate of drug-likeness (QED) is 0.374. The van der Waals surface area contributed by atoms with Gasteiger partial charge >= 0.3 is 6.18 Å². The van der Waals surface area contributed by atoms with Gasteiger partial charge in [0.2, 0.25) is 0 Å².